The molecule has 98 valence electrons. The Kier molecular flexibility index (Phi) is 3.72. The summed E-state index contributed by atoms with van der Waals surface area (Å²) in [6, 6.07) is 1.74. The molecular formula is C15H28N2. The molecule has 2 heterocycles. The van der Waals surface area contributed by atoms with Gasteiger partial charge in [0.2, 0.25) is 0 Å². The van der Waals surface area contributed by atoms with Crippen molar-refractivity contribution in [2.45, 2.75) is 64.0 Å². The number of fused-ring (bicyclic) bond motifs is 1. The molecule has 1 aliphatic carbocycles. The van der Waals surface area contributed by atoms with Gasteiger partial charge in [0, 0.05) is 18.6 Å². The summed E-state index contributed by atoms with van der Waals surface area (Å²) < 4.78 is 0. The molecule has 2 heteroatoms. The summed E-state index contributed by atoms with van der Waals surface area (Å²) in [4.78, 5) is 5.59. The molecule has 0 radical (unpaired) electrons. The predicted octanol–water partition coefficient (Wildman–Crippen LogP) is 2.74. The van der Waals surface area contributed by atoms with Crippen LogP contribution in [0.4, 0.5) is 0 Å². The van der Waals surface area contributed by atoms with E-state index < -0.39 is 0 Å². The molecule has 3 rings (SSSR count). The molecule has 1 saturated carbocycles. The van der Waals surface area contributed by atoms with Gasteiger partial charge in [-0.2, -0.15) is 0 Å². The minimum atomic E-state index is 0.852. The van der Waals surface area contributed by atoms with Crippen molar-refractivity contribution in [3.63, 3.8) is 0 Å². The Labute approximate surface area is 106 Å². The lowest BCUT2D eigenvalue weighted by atomic mass is 9.79. The van der Waals surface area contributed by atoms with Crippen LogP contribution in [0.5, 0.6) is 0 Å². The second-order valence-electron chi connectivity index (χ2n) is 6.47. The molecule has 0 bridgehead atoms. The van der Waals surface area contributed by atoms with Gasteiger partial charge in [0.1, 0.15) is 0 Å². The predicted molar refractivity (Wildman–Crippen MR) is 72.2 cm³/mol. The summed E-state index contributed by atoms with van der Waals surface area (Å²) in [6.45, 7) is 7.93. The maximum Gasteiger partial charge on any atom is 0.0223 e. The highest BCUT2D eigenvalue weighted by molar-refractivity contribution is 4.88. The lowest BCUT2D eigenvalue weighted by Gasteiger charge is -2.41. The van der Waals surface area contributed by atoms with E-state index in [4.69, 9.17) is 0 Å². The van der Waals surface area contributed by atoms with E-state index in [1.165, 1.54) is 71.1 Å². The van der Waals surface area contributed by atoms with Crippen molar-refractivity contribution >= 4 is 0 Å². The van der Waals surface area contributed by atoms with Crippen LogP contribution >= 0.6 is 0 Å². The van der Waals surface area contributed by atoms with Crippen molar-refractivity contribution < 1.29 is 0 Å². The SMILES string of the molecule is CC(C1CCC1)N1CCCN2CCCCC2C1. The molecule has 2 nitrogen and oxygen atoms in total. The van der Waals surface area contributed by atoms with Crippen LogP contribution in [0.1, 0.15) is 51.9 Å². The summed E-state index contributed by atoms with van der Waals surface area (Å²) in [7, 11) is 0. The highest BCUT2D eigenvalue weighted by Gasteiger charge is 2.33. The molecule has 0 aromatic carbocycles. The molecule has 17 heavy (non-hydrogen) atoms. The van der Waals surface area contributed by atoms with E-state index >= 15 is 0 Å². The first-order chi connectivity index (χ1) is 8.34. The summed E-state index contributed by atoms with van der Waals surface area (Å²) in [6.07, 6.45) is 10.2. The van der Waals surface area contributed by atoms with Crippen LogP contribution in [0.15, 0.2) is 0 Å². The fourth-order valence-corrected chi connectivity index (χ4v) is 3.99. The van der Waals surface area contributed by atoms with Crippen molar-refractivity contribution in [3.8, 4) is 0 Å². The van der Waals surface area contributed by atoms with Crippen LogP contribution in [0.2, 0.25) is 0 Å². The minimum Gasteiger partial charge on any atom is -0.299 e. The highest BCUT2D eigenvalue weighted by Crippen LogP contribution is 2.33. The number of piperidine rings is 1. The molecule has 0 aromatic heterocycles. The third kappa shape index (κ3) is 2.53. The lowest BCUT2D eigenvalue weighted by Crippen LogP contribution is -2.48. The maximum absolute atomic E-state index is 2.82. The number of rotatable bonds is 2. The summed E-state index contributed by atoms with van der Waals surface area (Å²) in [5.41, 5.74) is 0. The second kappa shape index (κ2) is 5.27. The molecule has 0 amide bonds. The second-order valence-corrected chi connectivity index (χ2v) is 6.47. The quantitative estimate of drug-likeness (QED) is 0.727. The minimum absolute atomic E-state index is 0.852. The Bertz CT molecular complexity index is 249. The van der Waals surface area contributed by atoms with Crippen LogP contribution in [0, 0.1) is 5.92 Å². The fraction of sp³-hybridized carbons (Fsp3) is 1.00. The first kappa shape index (κ1) is 12.0. The van der Waals surface area contributed by atoms with Gasteiger partial charge in [-0.05, 0) is 64.6 Å². The normalized spacial score (nSPS) is 34.8. The van der Waals surface area contributed by atoms with E-state index in [1.807, 2.05) is 0 Å². The van der Waals surface area contributed by atoms with Gasteiger partial charge in [-0.3, -0.25) is 9.80 Å². The van der Waals surface area contributed by atoms with Crippen molar-refractivity contribution in [3.05, 3.63) is 0 Å². The zero-order chi connectivity index (χ0) is 11.7. The molecule has 0 spiro atoms. The van der Waals surface area contributed by atoms with E-state index in [1.54, 1.807) is 0 Å². The third-order valence-corrected chi connectivity index (χ3v) is 5.49. The number of hydrogen-bond donors (Lipinski definition) is 0. The average Bonchev–Trinajstić information content (AvgIpc) is 2.48. The Balaban J connectivity index is 1.61. The van der Waals surface area contributed by atoms with Crippen LogP contribution in [0.3, 0.4) is 0 Å². The molecular weight excluding hydrogens is 208 g/mol. The van der Waals surface area contributed by atoms with E-state index in [-0.39, 0.29) is 0 Å². The molecule has 3 fully saturated rings. The number of hydrogen-bond acceptors (Lipinski definition) is 2. The smallest absolute Gasteiger partial charge is 0.0223 e. The van der Waals surface area contributed by atoms with Gasteiger partial charge in [-0.25, -0.2) is 0 Å². The zero-order valence-corrected chi connectivity index (χ0v) is 11.4. The highest BCUT2D eigenvalue weighted by atomic mass is 15.3. The Hall–Kier alpha value is -0.0800. The molecule has 3 aliphatic rings. The van der Waals surface area contributed by atoms with E-state index in [9.17, 15) is 0 Å². The molecule has 2 aliphatic heterocycles. The average molecular weight is 236 g/mol. The monoisotopic (exact) mass is 236 g/mol. The topological polar surface area (TPSA) is 6.48 Å². The maximum atomic E-state index is 2.82. The largest absolute Gasteiger partial charge is 0.299 e. The first-order valence-corrected chi connectivity index (χ1v) is 7.82. The Morgan fingerprint density at radius 3 is 2.47 bits per heavy atom. The molecule has 2 atom stereocenters. The van der Waals surface area contributed by atoms with Gasteiger partial charge in [0.15, 0.2) is 0 Å². The molecule has 0 aromatic rings. The molecule has 2 unspecified atom stereocenters. The first-order valence-electron chi connectivity index (χ1n) is 7.82. The number of nitrogens with zero attached hydrogens (tertiary/aromatic N) is 2. The van der Waals surface area contributed by atoms with Gasteiger partial charge < -0.3 is 0 Å². The van der Waals surface area contributed by atoms with Gasteiger partial charge in [0.05, 0.1) is 0 Å². The van der Waals surface area contributed by atoms with Crippen LogP contribution in [-0.4, -0.2) is 48.1 Å². The Morgan fingerprint density at radius 1 is 0.882 bits per heavy atom. The Morgan fingerprint density at radius 2 is 1.71 bits per heavy atom. The van der Waals surface area contributed by atoms with E-state index in [0.717, 1.165) is 18.0 Å². The van der Waals surface area contributed by atoms with Gasteiger partial charge >= 0.3 is 0 Å². The van der Waals surface area contributed by atoms with E-state index in [2.05, 4.69) is 16.7 Å². The van der Waals surface area contributed by atoms with E-state index in [0.29, 0.717) is 0 Å². The standard InChI is InChI=1S/C15H28N2/c1-13(14-6-4-7-14)17-11-5-10-16-9-3-2-8-15(16)12-17/h13-15H,2-12H2,1H3. The van der Waals surface area contributed by atoms with Crippen molar-refractivity contribution in [2.24, 2.45) is 5.92 Å². The molecule has 0 N–H and O–H groups in total. The van der Waals surface area contributed by atoms with Crippen molar-refractivity contribution in [2.75, 3.05) is 26.2 Å². The zero-order valence-electron chi connectivity index (χ0n) is 11.4. The van der Waals surface area contributed by atoms with Crippen molar-refractivity contribution in [1.82, 2.24) is 9.80 Å². The van der Waals surface area contributed by atoms with Crippen LogP contribution < -0.4 is 0 Å². The summed E-state index contributed by atoms with van der Waals surface area (Å²) in [5.74, 6) is 1.02. The lowest BCUT2D eigenvalue weighted by molar-refractivity contribution is 0.0815. The third-order valence-electron chi connectivity index (χ3n) is 5.49. The van der Waals surface area contributed by atoms with Gasteiger partial charge in [-0.15, -0.1) is 0 Å². The summed E-state index contributed by atoms with van der Waals surface area (Å²) in [5, 5.41) is 0. The summed E-state index contributed by atoms with van der Waals surface area (Å²) >= 11 is 0. The van der Waals surface area contributed by atoms with Crippen LogP contribution in [0.25, 0.3) is 0 Å². The van der Waals surface area contributed by atoms with Gasteiger partial charge in [0.25, 0.3) is 0 Å². The fourth-order valence-electron chi connectivity index (χ4n) is 3.99. The van der Waals surface area contributed by atoms with Crippen LogP contribution in [-0.2, 0) is 0 Å². The van der Waals surface area contributed by atoms with Crippen molar-refractivity contribution in [1.29, 1.82) is 0 Å². The molecule has 2 saturated heterocycles. The van der Waals surface area contributed by atoms with Gasteiger partial charge in [-0.1, -0.05) is 12.8 Å².